The molecule has 1 fully saturated rings. The first-order chi connectivity index (χ1) is 11.3. The van der Waals surface area contributed by atoms with E-state index in [2.05, 4.69) is 23.6 Å². The van der Waals surface area contributed by atoms with Crippen LogP contribution in [0.1, 0.15) is 52.0 Å². The van der Waals surface area contributed by atoms with Crippen LogP contribution in [0.4, 0.5) is 10.5 Å². The topological polar surface area (TPSA) is 59.6 Å². The van der Waals surface area contributed by atoms with Crippen LogP contribution in [0, 0.1) is 5.92 Å². The molecule has 24 heavy (non-hydrogen) atoms. The molecule has 1 amide bonds. The summed E-state index contributed by atoms with van der Waals surface area (Å²) in [4.78, 5) is 12.0. The molecule has 0 saturated carbocycles. The number of carbonyl (C=O) groups is 1. The Morgan fingerprint density at radius 1 is 1.29 bits per heavy atom. The van der Waals surface area contributed by atoms with Gasteiger partial charge in [0.2, 0.25) is 0 Å². The maximum atomic E-state index is 12.0. The van der Waals surface area contributed by atoms with Crippen LogP contribution in [0.2, 0.25) is 0 Å². The van der Waals surface area contributed by atoms with E-state index >= 15 is 0 Å². The molecule has 0 bridgehead atoms. The average molecular weight is 334 g/mol. The van der Waals surface area contributed by atoms with Crippen molar-refractivity contribution in [1.82, 2.24) is 5.32 Å². The highest BCUT2D eigenvalue weighted by Gasteiger charge is 2.23. The molecule has 1 heterocycles. The second-order valence-corrected chi connectivity index (χ2v) is 7.46. The summed E-state index contributed by atoms with van der Waals surface area (Å²) < 4.78 is 10.8. The highest BCUT2D eigenvalue weighted by Crippen LogP contribution is 2.35. The molecule has 1 unspecified atom stereocenters. The van der Waals surface area contributed by atoms with Gasteiger partial charge in [0.15, 0.2) is 0 Å². The maximum Gasteiger partial charge on any atom is 0.412 e. The van der Waals surface area contributed by atoms with Gasteiger partial charge in [0.05, 0.1) is 12.8 Å². The fourth-order valence-electron chi connectivity index (χ4n) is 3.12. The van der Waals surface area contributed by atoms with Crippen LogP contribution < -0.4 is 15.4 Å². The van der Waals surface area contributed by atoms with E-state index in [-0.39, 0.29) is 0 Å². The number of anilines is 1. The number of methoxy groups -OCH3 is 1. The summed E-state index contributed by atoms with van der Waals surface area (Å²) in [6, 6.07) is 6.00. The largest absolute Gasteiger partial charge is 0.495 e. The highest BCUT2D eigenvalue weighted by molar-refractivity contribution is 5.87. The third-order valence-electron chi connectivity index (χ3n) is 4.48. The maximum absolute atomic E-state index is 12.0. The van der Waals surface area contributed by atoms with Crippen molar-refractivity contribution in [2.45, 2.75) is 52.1 Å². The Bertz CT molecular complexity index is 560. The van der Waals surface area contributed by atoms with Crippen molar-refractivity contribution in [1.29, 1.82) is 0 Å². The predicted molar refractivity (Wildman–Crippen MR) is 96.9 cm³/mol. The molecular weight excluding hydrogens is 304 g/mol. The Kier molecular flexibility index (Phi) is 6.10. The normalized spacial score (nSPS) is 17.2. The number of ether oxygens (including phenoxy) is 2. The zero-order valence-corrected chi connectivity index (χ0v) is 15.4. The first kappa shape index (κ1) is 18.6. The molecule has 0 spiro atoms. The van der Waals surface area contributed by atoms with E-state index in [9.17, 15) is 4.79 Å². The fraction of sp³-hybridized carbons (Fsp3) is 0.632. The molecule has 1 aliphatic rings. The molecule has 0 aliphatic carbocycles. The minimum atomic E-state index is -0.527. The summed E-state index contributed by atoms with van der Waals surface area (Å²) >= 11 is 0. The zero-order chi connectivity index (χ0) is 17.7. The smallest absolute Gasteiger partial charge is 0.412 e. The van der Waals surface area contributed by atoms with Gasteiger partial charge in [-0.1, -0.05) is 13.0 Å². The molecule has 1 atom stereocenters. The van der Waals surface area contributed by atoms with E-state index in [4.69, 9.17) is 9.47 Å². The molecule has 5 heteroatoms. The third kappa shape index (κ3) is 5.13. The highest BCUT2D eigenvalue weighted by atomic mass is 16.6. The summed E-state index contributed by atoms with van der Waals surface area (Å²) in [7, 11) is 1.62. The van der Waals surface area contributed by atoms with Crippen molar-refractivity contribution in [3.8, 4) is 5.75 Å². The van der Waals surface area contributed by atoms with Crippen molar-refractivity contribution >= 4 is 11.8 Å². The number of amides is 1. The van der Waals surface area contributed by atoms with Crippen molar-refractivity contribution in [3.63, 3.8) is 0 Å². The van der Waals surface area contributed by atoms with Crippen LogP contribution in [0.25, 0.3) is 0 Å². The first-order valence-corrected chi connectivity index (χ1v) is 8.69. The standard InChI is InChI=1S/C19H30N2O3/c1-13(14-8-10-20-11-9-14)15-6-7-16(17(12-15)23-5)21-18(22)24-19(2,3)4/h6-7,12-14,20H,8-11H2,1-5H3,(H,21,22). The lowest BCUT2D eigenvalue weighted by Gasteiger charge is -2.29. The molecule has 2 rings (SSSR count). The van der Waals surface area contributed by atoms with Crippen molar-refractivity contribution < 1.29 is 14.3 Å². The van der Waals surface area contributed by atoms with Crippen molar-refractivity contribution in [3.05, 3.63) is 23.8 Å². The number of carbonyl (C=O) groups excluding carboxylic acids is 1. The van der Waals surface area contributed by atoms with Crippen LogP contribution in [0.15, 0.2) is 18.2 Å². The number of benzene rings is 1. The van der Waals surface area contributed by atoms with Gasteiger partial charge in [-0.05, 0) is 76.2 Å². The molecule has 134 valence electrons. The molecule has 1 saturated heterocycles. The minimum absolute atomic E-state index is 0.469. The first-order valence-electron chi connectivity index (χ1n) is 8.69. The number of piperidine rings is 1. The van der Waals surface area contributed by atoms with Crippen LogP contribution in [0.3, 0.4) is 0 Å². The minimum Gasteiger partial charge on any atom is -0.495 e. The SMILES string of the molecule is COc1cc(C(C)C2CCNCC2)ccc1NC(=O)OC(C)(C)C. The fourth-order valence-corrected chi connectivity index (χ4v) is 3.12. The van der Waals surface area contributed by atoms with Gasteiger partial charge < -0.3 is 14.8 Å². The van der Waals surface area contributed by atoms with Gasteiger partial charge in [-0.3, -0.25) is 5.32 Å². The van der Waals surface area contributed by atoms with Gasteiger partial charge in [-0.15, -0.1) is 0 Å². The van der Waals surface area contributed by atoms with Crippen LogP contribution in [-0.4, -0.2) is 31.9 Å². The van der Waals surface area contributed by atoms with E-state index in [1.165, 1.54) is 18.4 Å². The second-order valence-electron chi connectivity index (χ2n) is 7.46. The molecule has 0 radical (unpaired) electrons. The average Bonchev–Trinajstić information content (AvgIpc) is 2.53. The lowest BCUT2D eigenvalue weighted by Crippen LogP contribution is -2.30. The Balaban J connectivity index is 2.10. The Labute approximate surface area is 145 Å². The number of hydrogen-bond donors (Lipinski definition) is 2. The van der Waals surface area contributed by atoms with Crippen molar-refractivity contribution in [2.24, 2.45) is 5.92 Å². The second kappa shape index (κ2) is 7.88. The van der Waals surface area contributed by atoms with Gasteiger partial charge in [-0.2, -0.15) is 0 Å². The van der Waals surface area contributed by atoms with Gasteiger partial charge in [-0.25, -0.2) is 4.79 Å². The van der Waals surface area contributed by atoms with E-state index in [0.717, 1.165) is 13.1 Å². The third-order valence-corrected chi connectivity index (χ3v) is 4.48. The van der Waals surface area contributed by atoms with E-state index < -0.39 is 11.7 Å². The molecule has 1 aliphatic heterocycles. The zero-order valence-electron chi connectivity index (χ0n) is 15.4. The predicted octanol–water partition coefficient (Wildman–Crippen LogP) is 4.15. The van der Waals surface area contributed by atoms with E-state index in [0.29, 0.717) is 23.3 Å². The van der Waals surface area contributed by atoms with E-state index in [1.807, 2.05) is 32.9 Å². The molecule has 5 nitrogen and oxygen atoms in total. The molecule has 2 N–H and O–H groups in total. The Hall–Kier alpha value is -1.75. The summed E-state index contributed by atoms with van der Waals surface area (Å²) in [5.74, 6) is 1.82. The number of hydrogen-bond acceptors (Lipinski definition) is 4. The quantitative estimate of drug-likeness (QED) is 0.868. The Morgan fingerprint density at radius 3 is 2.54 bits per heavy atom. The summed E-state index contributed by atoms with van der Waals surface area (Å²) in [5.41, 5.74) is 1.35. The molecule has 1 aromatic rings. The molecular formula is C19H30N2O3. The van der Waals surface area contributed by atoms with Crippen LogP contribution >= 0.6 is 0 Å². The molecule has 0 aromatic heterocycles. The van der Waals surface area contributed by atoms with Gasteiger partial charge in [0, 0.05) is 0 Å². The summed E-state index contributed by atoms with van der Waals surface area (Å²) in [6.45, 7) is 9.97. The Morgan fingerprint density at radius 2 is 1.96 bits per heavy atom. The summed E-state index contributed by atoms with van der Waals surface area (Å²) in [5, 5.41) is 6.17. The van der Waals surface area contributed by atoms with E-state index in [1.54, 1.807) is 7.11 Å². The van der Waals surface area contributed by atoms with Crippen molar-refractivity contribution in [2.75, 3.05) is 25.5 Å². The summed E-state index contributed by atoms with van der Waals surface area (Å²) in [6.07, 6.45) is 1.92. The van der Waals surface area contributed by atoms with Gasteiger partial charge >= 0.3 is 6.09 Å². The van der Waals surface area contributed by atoms with Crippen LogP contribution in [-0.2, 0) is 4.74 Å². The van der Waals surface area contributed by atoms with Gasteiger partial charge in [0.1, 0.15) is 11.4 Å². The van der Waals surface area contributed by atoms with Crippen LogP contribution in [0.5, 0.6) is 5.75 Å². The monoisotopic (exact) mass is 334 g/mol. The number of nitrogens with one attached hydrogen (secondary N) is 2. The molecule has 1 aromatic carbocycles. The lowest BCUT2D eigenvalue weighted by atomic mass is 9.81. The van der Waals surface area contributed by atoms with Gasteiger partial charge in [0.25, 0.3) is 0 Å². The lowest BCUT2D eigenvalue weighted by molar-refractivity contribution is 0.0635. The number of rotatable bonds is 4.